The van der Waals surface area contributed by atoms with Gasteiger partial charge in [-0.25, -0.2) is 9.59 Å². The summed E-state index contributed by atoms with van der Waals surface area (Å²) in [4.78, 5) is 26.9. The van der Waals surface area contributed by atoms with Crippen molar-refractivity contribution in [3.05, 3.63) is 0 Å². The van der Waals surface area contributed by atoms with E-state index in [1.54, 1.807) is 11.8 Å². The predicted molar refractivity (Wildman–Crippen MR) is 71.0 cm³/mol. The van der Waals surface area contributed by atoms with E-state index in [-0.39, 0.29) is 6.03 Å². The molecule has 2 aliphatic rings. The Balaban J connectivity index is 1.73. The molecule has 1 aliphatic carbocycles. The van der Waals surface area contributed by atoms with Crippen LogP contribution in [0.15, 0.2) is 0 Å². The maximum atomic E-state index is 11.9. The van der Waals surface area contributed by atoms with Crippen LogP contribution in [-0.4, -0.2) is 65.7 Å². The van der Waals surface area contributed by atoms with Crippen LogP contribution in [0.3, 0.4) is 0 Å². The van der Waals surface area contributed by atoms with Crippen molar-refractivity contribution in [3.63, 3.8) is 0 Å². The van der Waals surface area contributed by atoms with E-state index < -0.39 is 12.0 Å². The number of carboxylic acid groups (broad SMARTS) is 1. The fraction of sp³-hybridized carbons (Fsp3) is 0.846. The maximum Gasteiger partial charge on any atom is 0.326 e. The topological polar surface area (TPSA) is 72.9 Å². The summed E-state index contributed by atoms with van der Waals surface area (Å²) < 4.78 is 0. The van der Waals surface area contributed by atoms with Gasteiger partial charge in [0, 0.05) is 32.7 Å². The second-order valence-electron chi connectivity index (χ2n) is 5.48. The Morgan fingerprint density at radius 1 is 1.26 bits per heavy atom. The van der Waals surface area contributed by atoms with Gasteiger partial charge >= 0.3 is 12.0 Å². The zero-order chi connectivity index (χ0) is 13.8. The van der Waals surface area contributed by atoms with Crippen molar-refractivity contribution in [2.24, 2.45) is 5.92 Å². The molecule has 0 aromatic rings. The van der Waals surface area contributed by atoms with Crippen LogP contribution in [-0.2, 0) is 4.79 Å². The van der Waals surface area contributed by atoms with Gasteiger partial charge in [0.15, 0.2) is 0 Å². The smallest absolute Gasteiger partial charge is 0.326 e. The lowest BCUT2D eigenvalue weighted by atomic mass is 10.2. The minimum Gasteiger partial charge on any atom is -0.480 e. The second kappa shape index (κ2) is 6.23. The summed E-state index contributed by atoms with van der Waals surface area (Å²) in [5.41, 5.74) is 0. The van der Waals surface area contributed by atoms with E-state index in [0.717, 1.165) is 25.6 Å². The molecule has 1 saturated heterocycles. The van der Waals surface area contributed by atoms with Crippen LogP contribution in [0.2, 0.25) is 0 Å². The number of carbonyl (C=O) groups is 2. The van der Waals surface area contributed by atoms with E-state index in [1.165, 1.54) is 12.8 Å². The third kappa shape index (κ3) is 4.09. The van der Waals surface area contributed by atoms with Gasteiger partial charge in [0.1, 0.15) is 6.04 Å². The number of hydrogen-bond donors (Lipinski definition) is 2. The van der Waals surface area contributed by atoms with Crippen molar-refractivity contribution in [1.82, 2.24) is 15.1 Å². The average molecular weight is 269 g/mol. The summed E-state index contributed by atoms with van der Waals surface area (Å²) >= 11 is 0. The summed E-state index contributed by atoms with van der Waals surface area (Å²) in [6.07, 6.45) is 3.09. The Morgan fingerprint density at radius 2 is 1.89 bits per heavy atom. The number of rotatable bonds is 5. The van der Waals surface area contributed by atoms with Crippen molar-refractivity contribution >= 4 is 12.0 Å². The lowest BCUT2D eigenvalue weighted by Crippen LogP contribution is -2.54. The van der Waals surface area contributed by atoms with Crippen LogP contribution in [0.1, 0.15) is 26.2 Å². The van der Waals surface area contributed by atoms with Gasteiger partial charge in [-0.15, -0.1) is 0 Å². The molecule has 0 bridgehead atoms. The van der Waals surface area contributed by atoms with Gasteiger partial charge in [0.2, 0.25) is 0 Å². The number of nitrogens with one attached hydrogen (secondary N) is 1. The molecule has 0 radical (unpaired) electrons. The van der Waals surface area contributed by atoms with Crippen LogP contribution in [0.25, 0.3) is 0 Å². The second-order valence-corrected chi connectivity index (χ2v) is 5.48. The van der Waals surface area contributed by atoms with Gasteiger partial charge in [0.25, 0.3) is 0 Å². The number of aliphatic carboxylic acids is 1. The fourth-order valence-corrected chi connectivity index (χ4v) is 2.38. The third-order valence-corrected chi connectivity index (χ3v) is 3.88. The Hall–Kier alpha value is -1.30. The SMILES string of the molecule is CC[C@@H](NC(=O)N1CCN(CC2CC2)CC1)C(=O)O. The number of carbonyl (C=O) groups excluding carboxylic acids is 1. The van der Waals surface area contributed by atoms with Gasteiger partial charge in [-0.3, -0.25) is 4.90 Å². The molecule has 1 aliphatic heterocycles. The molecule has 2 rings (SSSR count). The first-order valence-electron chi connectivity index (χ1n) is 7.10. The molecule has 0 aromatic heterocycles. The number of nitrogens with zero attached hydrogens (tertiary/aromatic N) is 2. The Kier molecular flexibility index (Phi) is 4.63. The van der Waals surface area contributed by atoms with Crippen molar-refractivity contribution in [2.75, 3.05) is 32.7 Å². The van der Waals surface area contributed by atoms with Gasteiger partial charge < -0.3 is 15.3 Å². The van der Waals surface area contributed by atoms with Crippen LogP contribution in [0.5, 0.6) is 0 Å². The first-order valence-corrected chi connectivity index (χ1v) is 7.10. The van der Waals surface area contributed by atoms with Crippen molar-refractivity contribution in [3.8, 4) is 0 Å². The molecular formula is C13H23N3O3. The van der Waals surface area contributed by atoms with Crippen LogP contribution < -0.4 is 5.32 Å². The standard InChI is InChI=1S/C13H23N3O3/c1-2-11(12(17)18)14-13(19)16-7-5-15(6-8-16)9-10-3-4-10/h10-11H,2-9H2,1H3,(H,14,19)(H,17,18)/t11-/m1/s1. The number of piperazine rings is 1. The number of hydrogen-bond acceptors (Lipinski definition) is 3. The highest BCUT2D eigenvalue weighted by atomic mass is 16.4. The van der Waals surface area contributed by atoms with E-state index in [0.29, 0.717) is 19.5 Å². The largest absolute Gasteiger partial charge is 0.480 e. The quantitative estimate of drug-likeness (QED) is 0.766. The van der Waals surface area contributed by atoms with E-state index >= 15 is 0 Å². The number of urea groups is 1. The summed E-state index contributed by atoms with van der Waals surface area (Å²) in [6.45, 7) is 6.08. The molecule has 0 aromatic carbocycles. The van der Waals surface area contributed by atoms with Crippen molar-refractivity contribution in [1.29, 1.82) is 0 Å². The number of carboxylic acids is 1. The minimum absolute atomic E-state index is 0.250. The lowest BCUT2D eigenvalue weighted by molar-refractivity contribution is -0.139. The molecule has 2 fully saturated rings. The Bertz CT molecular complexity index is 336. The average Bonchev–Trinajstić information content (AvgIpc) is 3.20. The first-order chi connectivity index (χ1) is 9.10. The zero-order valence-electron chi connectivity index (χ0n) is 11.5. The molecule has 1 heterocycles. The molecule has 0 unspecified atom stereocenters. The summed E-state index contributed by atoms with van der Waals surface area (Å²) in [5, 5.41) is 11.5. The van der Waals surface area contributed by atoms with Gasteiger partial charge in [0.05, 0.1) is 0 Å². The van der Waals surface area contributed by atoms with Crippen molar-refractivity contribution in [2.45, 2.75) is 32.2 Å². The van der Waals surface area contributed by atoms with Gasteiger partial charge in [-0.1, -0.05) is 6.92 Å². The third-order valence-electron chi connectivity index (χ3n) is 3.88. The first kappa shape index (κ1) is 14.1. The molecule has 108 valence electrons. The monoisotopic (exact) mass is 269 g/mol. The lowest BCUT2D eigenvalue weighted by Gasteiger charge is -2.35. The molecule has 2 N–H and O–H groups in total. The Labute approximate surface area is 113 Å². The highest BCUT2D eigenvalue weighted by Gasteiger charge is 2.28. The Morgan fingerprint density at radius 3 is 2.37 bits per heavy atom. The molecule has 0 spiro atoms. The van der Waals surface area contributed by atoms with E-state index in [1.807, 2.05) is 0 Å². The predicted octanol–water partition coefficient (Wildman–Crippen LogP) is 0.587. The van der Waals surface area contributed by atoms with E-state index in [9.17, 15) is 9.59 Å². The van der Waals surface area contributed by atoms with E-state index in [2.05, 4.69) is 10.2 Å². The fourth-order valence-electron chi connectivity index (χ4n) is 2.38. The van der Waals surface area contributed by atoms with E-state index in [4.69, 9.17) is 5.11 Å². The molecular weight excluding hydrogens is 246 g/mol. The van der Waals surface area contributed by atoms with Crippen LogP contribution in [0.4, 0.5) is 4.79 Å². The van der Waals surface area contributed by atoms with Crippen LogP contribution in [0, 0.1) is 5.92 Å². The minimum atomic E-state index is -0.969. The highest BCUT2D eigenvalue weighted by Crippen LogP contribution is 2.29. The molecule has 2 amide bonds. The molecule has 19 heavy (non-hydrogen) atoms. The summed E-state index contributed by atoms with van der Waals surface area (Å²) in [6, 6.07) is -1.03. The highest BCUT2D eigenvalue weighted by molar-refractivity contribution is 5.82. The molecule has 1 saturated carbocycles. The van der Waals surface area contributed by atoms with Gasteiger partial charge in [-0.05, 0) is 25.2 Å². The maximum absolute atomic E-state index is 11.9. The van der Waals surface area contributed by atoms with Crippen LogP contribution >= 0.6 is 0 Å². The molecule has 1 atom stereocenters. The van der Waals surface area contributed by atoms with Crippen molar-refractivity contribution < 1.29 is 14.7 Å². The normalized spacial score (nSPS) is 22.1. The number of amides is 2. The molecule has 6 nitrogen and oxygen atoms in total. The summed E-state index contributed by atoms with van der Waals surface area (Å²) in [5.74, 6) is -0.0971. The molecule has 6 heteroatoms. The zero-order valence-corrected chi connectivity index (χ0v) is 11.5. The summed E-state index contributed by atoms with van der Waals surface area (Å²) in [7, 11) is 0. The van der Waals surface area contributed by atoms with Gasteiger partial charge in [-0.2, -0.15) is 0 Å².